The van der Waals surface area contributed by atoms with Crippen LogP contribution in [0.25, 0.3) is 0 Å². The van der Waals surface area contributed by atoms with Gasteiger partial charge in [0.2, 0.25) is 0 Å². The number of piperazine rings is 1. The summed E-state index contributed by atoms with van der Waals surface area (Å²) in [5, 5.41) is 9.31. The van der Waals surface area contributed by atoms with Gasteiger partial charge in [0.1, 0.15) is 5.82 Å². The lowest BCUT2D eigenvalue weighted by atomic mass is 9.98. The molecule has 0 aromatic carbocycles. The quantitative estimate of drug-likeness (QED) is 0.586. The molecule has 1 atom stereocenters. The second-order valence-corrected chi connectivity index (χ2v) is 9.73. The molecule has 1 fully saturated rings. The Morgan fingerprint density at radius 3 is 2.48 bits per heavy atom. The summed E-state index contributed by atoms with van der Waals surface area (Å²) in [7, 11) is 0. The minimum atomic E-state index is -0.255. The van der Waals surface area contributed by atoms with E-state index < -0.39 is 0 Å². The van der Waals surface area contributed by atoms with Gasteiger partial charge in [0, 0.05) is 32.2 Å². The third-order valence-corrected chi connectivity index (χ3v) is 5.57. The lowest BCUT2D eigenvalue weighted by molar-refractivity contribution is 0.0682. The van der Waals surface area contributed by atoms with Crippen molar-refractivity contribution in [2.45, 2.75) is 67.3 Å². The van der Waals surface area contributed by atoms with Crippen LogP contribution in [0.5, 0.6) is 0 Å². The van der Waals surface area contributed by atoms with Crippen LogP contribution in [0.2, 0.25) is 0 Å². The molecule has 1 saturated heterocycles. The van der Waals surface area contributed by atoms with Crippen LogP contribution in [0.4, 0.5) is 10.6 Å². The highest BCUT2D eigenvalue weighted by molar-refractivity contribution is 5.97. The average Bonchev–Trinajstić information content (AvgIpc) is 2.72. The van der Waals surface area contributed by atoms with Crippen LogP contribution in [0.3, 0.4) is 0 Å². The number of urea groups is 1. The molecule has 0 saturated carbocycles. The highest BCUT2D eigenvalue weighted by Crippen LogP contribution is 2.24. The summed E-state index contributed by atoms with van der Waals surface area (Å²) < 4.78 is 0. The van der Waals surface area contributed by atoms with Crippen molar-refractivity contribution in [2.75, 3.05) is 31.5 Å². The van der Waals surface area contributed by atoms with Crippen molar-refractivity contribution in [3.63, 3.8) is 0 Å². The number of pyridine rings is 1. The summed E-state index contributed by atoms with van der Waals surface area (Å²) in [4.78, 5) is 32.5. The molecule has 1 aromatic heterocycles. The van der Waals surface area contributed by atoms with E-state index in [1.165, 1.54) is 0 Å². The summed E-state index contributed by atoms with van der Waals surface area (Å²) in [5.74, 6) is 1.81. The summed E-state index contributed by atoms with van der Waals surface area (Å²) >= 11 is 0. The second kappa shape index (κ2) is 11.5. The fourth-order valence-electron chi connectivity index (χ4n) is 3.78. The second-order valence-electron chi connectivity index (χ2n) is 9.73. The summed E-state index contributed by atoms with van der Waals surface area (Å²) in [6.45, 7) is 17.5. The number of carbonyl (C=O) groups is 2. The van der Waals surface area contributed by atoms with Gasteiger partial charge in [-0.15, -0.1) is 0 Å². The van der Waals surface area contributed by atoms with Crippen molar-refractivity contribution < 1.29 is 9.59 Å². The maximum Gasteiger partial charge on any atom is 0.320 e. The smallest absolute Gasteiger partial charge is 0.320 e. The van der Waals surface area contributed by atoms with Crippen LogP contribution >= 0.6 is 0 Å². The molecule has 1 aromatic rings. The number of carbonyl (C=O) groups excluding carboxylic acids is 2. The predicted molar refractivity (Wildman–Crippen MR) is 127 cm³/mol. The molecule has 3 N–H and O–H groups in total. The molecule has 1 aliphatic rings. The Labute approximate surface area is 187 Å². The SMILES string of the molecule is CCc1nc(NC(=O)NCC(C)C)c(CC(C)C)cc1C(=O)N1CCN[C@@H](C(C)C)C1. The number of nitrogens with zero attached hydrogens (tertiary/aromatic N) is 2. The number of nitrogens with one attached hydrogen (secondary N) is 3. The molecule has 0 aliphatic carbocycles. The van der Waals surface area contributed by atoms with Crippen LogP contribution in [-0.2, 0) is 12.8 Å². The first-order valence-corrected chi connectivity index (χ1v) is 11.7. The summed E-state index contributed by atoms with van der Waals surface area (Å²) in [6, 6.07) is 2.00. The molecular formula is C24H41N5O2. The number of aromatic nitrogens is 1. The fraction of sp³-hybridized carbons (Fsp3) is 0.708. The van der Waals surface area contributed by atoms with Crippen molar-refractivity contribution in [2.24, 2.45) is 17.8 Å². The van der Waals surface area contributed by atoms with Crippen molar-refractivity contribution >= 4 is 17.8 Å². The largest absolute Gasteiger partial charge is 0.338 e. The van der Waals surface area contributed by atoms with Gasteiger partial charge in [-0.3, -0.25) is 10.1 Å². The van der Waals surface area contributed by atoms with E-state index in [-0.39, 0.29) is 11.9 Å². The van der Waals surface area contributed by atoms with Gasteiger partial charge in [0.05, 0.1) is 11.3 Å². The van der Waals surface area contributed by atoms with Gasteiger partial charge >= 0.3 is 6.03 Å². The van der Waals surface area contributed by atoms with Crippen LogP contribution < -0.4 is 16.0 Å². The molecule has 0 spiro atoms. The van der Waals surface area contributed by atoms with Gasteiger partial charge in [-0.05, 0) is 42.2 Å². The topological polar surface area (TPSA) is 86.4 Å². The van der Waals surface area contributed by atoms with Gasteiger partial charge in [0.15, 0.2) is 0 Å². The number of hydrogen-bond donors (Lipinski definition) is 3. The predicted octanol–water partition coefficient (Wildman–Crippen LogP) is 3.69. The highest BCUT2D eigenvalue weighted by Gasteiger charge is 2.28. The van der Waals surface area contributed by atoms with Crippen LogP contribution in [0.15, 0.2) is 6.07 Å². The number of aryl methyl sites for hydroxylation is 1. The first kappa shape index (κ1) is 25.1. The molecule has 7 heteroatoms. The Morgan fingerprint density at radius 2 is 1.90 bits per heavy atom. The zero-order valence-corrected chi connectivity index (χ0v) is 20.3. The first-order chi connectivity index (χ1) is 14.6. The van der Waals surface area contributed by atoms with Crippen molar-refractivity contribution in [3.8, 4) is 0 Å². The minimum Gasteiger partial charge on any atom is -0.338 e. The van der Waals surface area contributed by atoms with E-state index in [9.17, 15) is 9.59 Å². The third kappa shape index (κ3) is 7.20. The molecule has 0 unspecified atom stereocenters. The molecule has 1 aliphatic heterocycles. The van der Waals surface area contributed by atoms with Crippen LogP contribution in [0, 0.1) is 17.8 Å². The molecule has 174 valence electrons. The molecular weight excluding hydrogens is 390 g/mol. The number of rotatable bonds is 8. The monoisotopic (exact) mass is 431 g/mol. The lowest BCUT2D eigenvalue weighted by Gasteiger charge is -2.36. The highest BCUT2D eigenvalue weighted by atomic mass is 16.2. The van der Waals surface area contributed by atoms with Gasteiger partial charge in [-0.2, -0.15) is 0 Å². The van der Waals surface area contributed by atoms with Gasteiger partial charge in [0.25, 0.3) is 5.91 Å². The van der Waals surface area contributed by atoms with Crippen LogP contribution in [0.1, 0.15) is 70.1 Å². The molecule has 0 radical (unpaired) electrons. The van der Waals surface area contributed by atoms with Crippen LogP contribution in [-0.4, -0.2) is 54.0 Å². The zero-order chi connectivity index (χ0) is 23.1. The molecule has 2 heterocycles. The molecule has 0 bridgehead atoms. The van der Waals surface area contributed by atoms with E-state index in [1.807, 2.05) is 17.9 Å². The van der Waals surface area contributed by atoms with E-state index in [0.29, 0.717) is 61.2 Å². The van der Waals surface area contributed by atoms with E-state index in [2.05, 4.69) is 57.5 Å². The minimum absolute atomic E-state index is 0.0392. The molecule has 31 heavy (non-hydrogen) atoms. The van der Waals surface area contributed by atoms with Crippen molar-refractivity contribution in [1.29, 1.82) is 0 Å². The van der Waals surface area contributed by atoms with E-state index >= 15 is 0 Å². The Kier molecular flexibility index (Phi) is 9.29. The van der Waals surface area contributed by atoms with Gasteiger partial charge in [-0.1, -0.05) is 48.5 Å². The number of hydrogen-bond acceptors (Lipinski definition) is 4. The Hall–Kier alpha value is -2.15. The lowest BCUT2D eigenvalue weighted by Crippen LogP contribution is -2.54. The molecule has 3 amide bonds. The molecule has 7 nitrogen and oxygen atoms in total. The van der Waals surface area contributed by atoms with Crippen molar-refractivity contribution in [3.05, 3.63) is 22.9 Å². The molecule has 2 rings (SSSR count). The Bertz CT molecular complexity index is 761. The number of amides is 3. The maximum atomic E-state index is 13.5. The third-order valence-electron chi connectivity index (χ3n) is 5.57. The van der Waals surface area contributed by atoms with Gasteiger partial charge in [-0.25, -0.2) is 9.78 Å². The van der Waals surface area contributed by atoms with Gasteiger partial charge < -0.3 is 15.5 Å². The average molecular weight is 432 g/mol. The maximum absolute atomic E-state index is 13.5. The van der Waals surface area contributed by atoms with E-state index in [1.54, 1.807) is 0 Å². The Balaban J connectivity index is 2.32. The van der Waals surface area contributed by atoms with E-state index in [4.69, 9.17) is 4.98 Å². The summed E-state index contributed by atoms with van der Waals surface area (Å²) in [6.07, 6.45) is 1.37. The normalized spacial score (nSPS) is 16.8. The zero-order valence-electron chi connectivity index (χ0n) is 20.3. The standard InChI is InChI=1S/C24H41N5O2/c1-8-20-19(23(30)29-10-9-25-21(14-29)17(6)7)12-18(11-15(2)3)22(27-20)28-24(31)26-13-16(4)5/h12,15-17,21,25H,8-11,13-14H2,1-7H3,(H2,26,27,28,31)/t21-/m1/s1. The Morgan fingerprint density at radius 1 is 1.19 bits per heavy atom. The van der Waals surface area contributed by atoms with Crippen molar-refractivity contribution in [1.82, 2.24) is 20.5 Å². The fourth-order valence-corrected chi connectivity index (χ4v) is 3.78. The number of anilines is 1. The van der Waals surface area contributed by atoms with E-state index in [0.717, 1.165) is 24.2 Å². The summed E-state index contributed by atoms with van der Waals surface area (Å²) in [5.41, 5.74) is 2.30. The first-order valence-electron chi connectivity index (χ1n) is 11.7.